The molecule has 0 amide bonds. The van der Waals surface area contributed by atoms with Crippen molar-refractivity contribution in [3.8, 4) is 0 Å². The third-order valence-corrected chi connectivity index (χ3v) is 1.47. The predicted molar refractivity (Wildman–Crippen MR) is 38.3 cm³/mol. The summed E-state index contributed by atoms with van der Waals surface area (Å²) in [7, 11) is 0. The molecule has 0 saturated heterocycles. The second kappa shape index (κ2) is 2.78. The number of rotatable bonds is 1. The van der Waals surface area contributed by atoms with Gasteiger partial charge in [0.1, 0.15) is 5.82 Å². The molecule has 0 bridgehead atoms. The Morgan fingerprint density at radius 1 is 1.60 bits per heavy atom. The highest BCUT2D eigenvalue weighted by Crippen LogP contribution is 2.05. The Hall–Kier alpha value is -0.920. The van der Waals surface area contributed by atoms with E-state index in [1.54, 1.807) is 13.0 Å². The zero-order valence-corrected chi connectivity index (χ0v) is 6.19. The smallest absolute Gasteiger partial charge is 0.144 e. The molecule has 1 rings (SSSR count). The maximum Gasteiger partial charge on any atom is 0.144 e. The van der Waals surface area contributed by atoms with Crippen LogP contribution in [0, 0.1) is 12.7 Å². The van der Waals surface area contributed by atoms with Crippen LogP contribution in [0.3, 0.4) is 0 Å². The highest BCUT2D eigenvalue weighted by atomic mass is 19.1. The topological polar surface area (TPSA) is 12.9 Å². The summed E-state index contributed by atoms with van der Waals surface area (Å²) in [6.07, 6.45) is 2.13. The summed E-state index contributed by atoms with van der Waals surface area (Å²) in [5.74, 6) is -0.225. The Morgan fingerprint density at radius 2 is 2.30 bits per heavy atom. The fourth-order valence-corrected chi connectivity index (χ4v) is 0.791. The fraction of sp³-hybridized carbons (Fsp3) is 0.375. The van der Waals surface area contributed by atoms with E-state index < -0.39 is 0 Å². The molecule has 1 aromatic heterocycles. The van der Waals surface area contributed by atoms with Gasteiger partial charge in [-0.25, -0.2) is 4.39 Å². The van der Waals surface area contributed by atoms with E-state index in [2.05, 4.69) is 4.98 Å². The largest absolute Gasteiger partial charge is 0.258 e. The zero-order valence-electron chi connectivity index (χ0n) is 6.19. The van der Waals surface area contributed by atoms with Crippen molar-refractivity contribution in [2.75, 3.05) is 0 Å². The Balaban J connectivity index is 3.04. The molecule has 1 heterocycles. The van der Waals surface area contributed by atoms with Gasteiger partial charge in [0.2, 0.25) is 0 Å². The van der Waals surface area contributed by atoms with Crippen molar-refractivity contribution in [2.24, 2.45) is 0 Å². The van der Waals surface area contributed by atoms with Crippen LogP contribution in [0.2, 0.25) is 0 Å². The molecule has 0 radical (unpaired) electrons. The van der Waals surface area contributed by atoms with Crippen LogP contribution in [0.1, 0.15) is 18.2 Å². The lowest BCUT2D eigenvalue weighted by molar-refractivity contribution is 0.610. The first-order valence-corrected chi connectivity index (χ1v) is 3.35. The Morgan fingerprint density at radius 3 is 2.80 bits per heavy atom. The summed E-state index contributed by atoms with van der Waals surface area (Å²) < 4.78 is 12.6. The molecule has 0 aliphatic rings. The molecule has 0 aromatic carbocycles. The normalized spacial score (nSPS) is 9.90. The molecule has 0 unspecified atom stereocenters. The molecule has 0 fully saturated rings. The molecule has 1 aromatic rings. The van der Waals surface area contributed by atoms with Gasteiger partial charge in [-0.2, -0.15) is 0 Å². The SMILES string of the molecule is CCc1cc(C)c(F)cn1. The van der Waals surface area contributed by atoms with Gasteiger partial charge in [0.25, 0.3) is 0 Å². The van der Waals surface area contributed by atoms with Gasteiger partial charge in [0.05, 0.1) is 6.20 Å². The Bertz CT molecular complexity index is 233. The van der Waals surface area contributed by atoms with Crippen LogP contribution in [0.4, 0.5) is 4.39 Å². The molecule has 1 nitrogen and oxygen atoms in total. The van der Waals surface area contributed by atoms with E-state index in [0.29, 0.717) is 5.56 Å². The number of hydrogen-bond donors (Lipinski definition) is 0. The minimum Gasteiger partial charge on any atom is -0.258 e. The van der Waals surface area contributed by atoms with Gasteiger partial charge in [0, 0.05) is 5.69 Å². The molecule has 0 aliphatic heterocycles. The fourth-order valence-electron chi connectivity index (χ4n) is 0.791. The predicted octanol–water partition coefficient (Wildman–Crippen LogP) is 2.09. The highest BCUT2D eigenvalue weighted by molar-refractivity contribution is 5.16. The molecule has 2 heteroatoms. The van der Waals surface area contributed by atoms with E-state index in [1.807, 2.05) is 6.92 Å². The molecule has 0 saturated carbocycles. The summed E-state index contributed by atoms with van der Waals surface area (Å²) >= 11 is 0. The minimum atomic E-state index is -0.225. The van der Waals surface area contributed by atoms with E-state index in [0.717, 1.165) is 12.1 Å². The maximum atomic E-state index is 12.6. The van der Waals surface area contributed by atoms with Crippen LogP contribution < -0.4 is 0 Å². The third-order valence-electron chi connectivity index (χ3n) is 1.47. The van der Waals surface area contributed by atoms with E-state index in [4.69, 9.17) is 0 Å². The molecular weight excluding hydrogens is 129 g/mol. The van der Waals surface area contributed by atoms with E-state index in [-0.39, 0.29) is 5.82 Å². The van der Waals surface area contributed by atoms with Gasteiger partial charge < -0.3 is 0 Å². The van der Waals surface area contributed by atoms with Gasteiger partial charge in [0.15, 0.2) is 0 Å². The molecule has 0 atom stereocenters. The van der Waals surface area contributed by atoms with E-state index in [1.165, 1.54) is 6.20 Å². The van der Waals surface area contributed by atoms with Crippen LogP contribution in [0.15, 0.2) is 12.3 Å². The van der Waals surface area contributed by atoms with Gasteiger partial charge in [-0.15, -0.1) is 0 Å². The number of nitrogens with zero attached hydrogens (tertiary/aromatic N) is 1. The molecular formula is C8H10FN. The number of aromatic nitrogens is 1. The van der Waals surface area contributed by atoms with Gasteiger partial charge in [-0.3, -0.25) is 4.98 Å². The van der Waals surface area contributed by atoms with Gasteiger partial charge in [-0.05, 0) is 25.0 Å². The van der Waals surface area contributed by atoms with Crippen LogP contribution in [-0.4, -0.2) is 4.98 Å². The third kappa shape index (κ3) is 1.32. The van der Waals surface area contributed by atoms with Crippen molar-refractivity contribution in [2.45, 2.75) is 20.3 Å². The number of hydrogen-bond acceptors (Lipinski definition) is 1. The van der Waals surface area contributed by atoms with E-state index in [9.17, 15) is 4.39 Å². The molecule has 10 heavy (non-hydrogen) atoms. The summed E-state index contributed by atoms with van der Waals surface area (Å²) in [6, 6.07) is 1.77. The van der Waals surface area contributed by atoms with Gasteiger partial charge >= 0.3 is 0 Å². The van der Waals surface area contributed by atoms with Crippen molar-refractivity contribution < 1.29 is 4.39 Å². The van der Waals surface area contributed by atoms with E-state index >= 15 is 0 Å². The van der Waals surface area contributed by atoms with Crippen molar-refractivity contribution in [1.29, 1.82) is 0 Å². The van der Waals surface area contributed by atoms with Gasteiger partial charge in [-0.1, -0.05) is 6.92 Å². The average molecular weight is 139 g/mol. The first-order valence-electron chi connectivity index (χ1n) is 3.35. The quantitative estimate of drug-likeness (QED) is 0.580. The minimum absolute atomic E-state index is 0.225. The standard InChI is InChI=1S/C8H10FN/c1-3-7-4-6(2)8(9)5-10-7/h4-5H,3H2,1-2H3. The van der Waals surface area contributed by atoms with Crippen molar-refractivity contribution in [1.82, 2.24) is 4.98 Å². The average Bonchev–Trinajstić information content (AvgIpc) is 1.95. The number of halogens is 1. The molecule has 0 aliphatic carbocycles. The lowest BCUT2D eigenvalue weighted by atomic mass is 10.2. The van der Waals surface area contributed by atoms with Crippen molar-refractivity contribution >= 4 is 0 Å². The molecule has 54 valence electrons. The number of pyridine rings is 1. The zero-order chi connectivity index (χ0) is 7.56. The van der Waals surface area contributed by atoms with Crippen molar-refractivity contribution in [3.05, 3.63) is 29.3 Å². The van der Waals surface area contributed by atoms with Crippen LogP contribution in [0.5, 0.6) is 0 Å². The summed E-state index contributed by atoms with van der Waals surface area (Å²) in [5, 5.41) is 0. The van der Waals surface area contributed by atoms with Crippen LogP contribution in [-0.2, 0) is 6.42 Å². The lowest BCUT2D eigenvalue weighted by Gasteiger charge is -1.97. The summed E-state index contributed by atoms with van der Waals surface area (Å²) in [6.45, 7) is 3.75. The Kier molecular flexibility index (Phi) is 2.00. The summed E-state index contributed by atoms with van der Waals surface area (Å²) in [5.41, 5.74) is 1.62. The van der Waals surface area contributed by atoms with Crippen LogP contribution >= 0.6 is 0 Å². The number of aryl methyl sites for hydroxylation is 2. The summed E-state index contributed by atoms with van der Waals surface area (Å²) in [4.78, 5) is 3.88. The second-order valence-electron chi connectivity index (χ2n) is 2.28. The maximum absolute atomic E-state index is 12.6. The first kappa shape index (κ1) is 7.19. The van der Waals surface area contributed by atoms with Crippen molar-refractivity contribution in [3.63, 3.8) is 0 Å². The second-order valence-corrected chi connectivity index (χ2v) is 2.28. The van der Waals surface area contributed by atoms with Crippen LogP contribution in [0.25, 0.3) is 0 Å². The monoisotopic (exact) mass is 139 g/mol. The molecule has 0 spiro atoms. The molecule has 0 N–H and O–H groups in total. The lowest BCUT2D eigenvalue weighted by Crippen LogP contribution is -1.90. The Labute approximate surface area is 59.9 Å². The highest BCUT2D eigenvalue weighted by Gasteiger charge is 1.96. The first-order chi connectivity index (χ1) is 4.74.